The molecule has 0 bridgehead atoms. The Balaban J connectivity index is 2.23. The van der Waals surface area contributed by atoms with Crippen molar-refractivity contribution in [2.45, 2.75) is 18.9 Å². The van der Waals surface area contributed by atoms with E-state index in [0.717, 1.165) is 5.69 Å². The van der Waals surface area contributed by atoms with E-state index >= 15 is 0 Å². The molecule has 0 unspecified atom stereocenters. The summed E-state index contributed by atoms with van der Waals surface area (Å²) < 4.78 is 12.9. The number of carbonyl (C=O) groups is 1. The van der Waals surface area contributed by atoms with Crippen molar-refractivity contribution in [1.82, 2.24) is 0 Å². The van der Waals surface area contributed by atoms with E-state index in [0.29, 0.717) is 37.8 Å². The van der Waals surface area contributed by atoms with Crippen molar-refractivity contribution in [3.63, 3.8) is 0 Å². The second-order valence-corrected chi connectivity index (χ2v) is 4.04. The van der Waals surface area contributed by atoms with E-state index < -0.39 is 5.82 Å². The molecular formula is C12H14FNO2. The molecule has 0 aromatic heterocycles. The van der Waals surface area contributed by atoms with Gasteiger partial charge in [-0.15, -0.1) is 0 Å². The van der Waals surface area contributed by atoms with Crippen LogP contribution in [0, 0.1) is 5.82 Å². The third-order valence-electron chi connectivity index (χ3n) is 2.92. The zero-order chi connectivity index (χ0) is 11.5. The van der Waals surface area contributed by atoms with Crippen molar-refractivity contribution in [3.05, 3.63) is 29.6 Å². The summed E-state index contributed by atoms with van der Waals surface area (Å²) in [5.41, 5.74) is 1.12. The lowest BCUT2D eigenvalue weighted by atomic mass is 10.1. The molecule has 16 heavy (non-hydrogen) atoms. The first-order valence-electron chi connectivity index (χ1n) is 5.38. The number of anilines is 1. The molecular weight excluding hydrogens is 209 g/mol. The lowest BCUT2D eigenvalue weighted by Crippen LogP contribution is -2.36. The fraction of sp³-hybridized carbons (Fsp3) is 0.417. The fourth-order valence-electron chi connectivity index (χ4n) is 2.01. The average molecular weight is 223 g/mol. The summed E-state index contributed by atoms with van der Waals surface area (Å²) in [4.78, 5) is 12.9. The van der Waals surface area contributed by atoms with Crippen LogP contribution < -0.4 is 4.90 Å². The summed E-state index contributed by atoms with van der Waals surface area (Å²) in [6, 6.07) is 4.22. The molecule has 1 aromatic carbocycles. The van der Waals surface area contributed by atoms with Crippen LogP contribution in [0.2, 0.25) is 0 Å². The highest BCUT2D eigenvalue weighted by atomic mass is 19.1. The number of aliphatic hydroxyl groups is 1. The smallest absolute Gasteiger partial charge is 0.152 e. The lowest BCUT2D eigenvalue weighted by Gasteiger charge is -2.32. The molecule has 0 aliphatic carbocycles. The number of rotatable bonds is 2. The van der Waals surface area contributed by atoms with Gasteiger partial charge in [0.15, 0.2) is 6.29 Å². The molecule has 1 N–H and O–H groups in total. The molecule has 1 aliphatic heterocycles. The number of hydrogen-bond acceptors (Lipinski definition) is 3. The van der Waals surface area contributed by atoms with Gasteiger partial charge in [-0.05, 0) is 31.0 Å². The molecule has 0 radical (unpaired) electrons. The standard InChI is InChI=1S/C12H14FNO2/c13-10-1-2-12(9(7-10)8-15)14-5-3-11(16)4-6-14/h1-2,7-8,11,16H,3-6H2. The molecule has 1 fully saturated rings. The zero-order valence-corrected chi connectivity index (χ0v) is 8.90. The molecule has 1 aromatic rings. The van der Waals surface area contributed by atoms with E-state index in [2.05, 4.69) is 0 Å². The third kappa shape index (κ3) is 2.22. The fourth-order valence-corrected chi connectivity index (χ4v) is 2.01. The molecule has 1 saturated heterocycles. The van der Waals surface area contributed by atoms with Crippen molar-refractivity contribution < 1.29 is 14.3 Å². The molecule has 1 heterocycles. The highest BCUT2D eigenvalue weighted by Crippen LogP contribution is 2.23. The van der Waals surface area contributed by atoms with Gasteiger partial charge in [-0.1, -0.05) is 0 Å². The minimum absolute atomic E-state index is 0.253. The maximum absolute atomic E-state index is 12.9. The van der Waals surface area contributed by atoms with Crippen molar-refractivity contribution in [3.8, 4) is 0 Å². The quantitative estimate of drug-likeness (QED) is 0.774. The molecule has 3 nitrogen and oxygen atoms in total. The van der Waals surface area contributed by atoms with Gasteiger partial charge in [0.2, 0.25) is 0 Å². The maximum Gasteiger partial charge on any atom is 0.152 e. The molecule has 1 aliphatic rings. The Hall–Kier alpha value is -1.42. The van der Waals surface area contributed by atoms with Crippen LogP contribution in [0.3, 0.4) is 0 Å². The second-order valence-electron chi connectivity index (χ2n) is 4.04. The highest BCUT2D eigenvalue weighted by molar-refractivity contribution is 5.84. The monoisotopic (exact) mass is 223 g/mol. The molecule has 4 heteroatoms. The van der Waals surface area contributed by atoms with E-state index in [1.165, 1.54) is 12.1 Å². The molecule has 0 amide bonds. The molecule has 0 spiro atoms. The number of nitrogens with zero attached hydrogens (tertiary/aromatic N) is 1. The number of aldehydes is 1. The first kappa shape index (κ1) is 11.1. The van der Waals surface area contributed by atoms with Gasteiger partial charge in [0.05, 0.1) is 6.10 Å². The largest absolute Gasteiger partial charge is 0.393 e. The van der Waals surface area contributed by atoms with Crippen molar-refractivity contribution in [2.75, 3.05) is 18.0 Å². The minimum Gasteiger partial charge on any atom is -0.393 e. The summed E-state index contributed by atoms with van der Waals surface area (Å²) in [7, 11) is 0. The van der Waals surface area contributed by atoms with E-state index in [1.807, 2.05) is 4.90 Å². The van der Waals surface area contributed by atoms with Crippen molar-refractivity contribution in [1.29, 1.82) is 0 Å². The van der Waals surface area contributed by atoms with Crippen LogP contribution in [0.1, 0.15) is 23.2 Å². The number of piperidine rings is 1. The number of halogens is 1. The Bertz CT molecular complexity index is 387. The van der Waals surface area contributed by atoms with Gasteiger partial charge in [0.1, 0.15) is 5.82 Å². The van der Waals surface area contributed by atoms with E-state index in [1.54, 1.807) is 6.07 Å². The van der Waals surface area contributed by atoms with Gasteiger partial charge < -0.3 is 10.0 Å². The van der Waals surface area contributed by atoms with Gasteiger partial charge in [0, 0.05) is 24.3 Å². The SMILES string of the molecule is O=Cc1cc(F)ccc1N1CCC(O)CC1. The van der Waals surface area contributed by atoms with Crippen LogP contribution in [-0.4, -0.2) is 30.6 Å². The van der Waals surface area contributed by atoms with Crippen LogP contribution in [0.5, 0.6) is 0 Å². The predicted octanol–water partition coefficient (Wildman–Crippen LogP) is 1.60. The van der Waals surface area contributed by atoms with E-state index in [4.69, 9.17) is 0 Å². The number of aliphatic hydroxyl groups excluding tert-OH is 1. The Morgan fingerprint density at radius 2 is 2.06 bits per heavy atom. The van der Waals surface area contributed by atoms with Gasteiger partial charge in [-0.2, -0.15) is 0 Å². The second kappa shape index (κ2) is 4.61. The maximum atomic E-state index is 12.9. The van der Waals surface area contributed by atoms with E-state index in [-0.39, 0.29) is 6.10 Å². The zero-order valence-electron chi connectivity index (χ0n) is 8.90. The molecule has 86 valence electrons. The number of benzene rings is 1. The van der Waals surface area contributed by atoms with Gasteiger partial charge in [-0.25, -0.2) is 4.39 Å². The van der Waals surface area contributed by atoms with Gasteiger partial charge in [-0.3, -0.25) is 4.79 Å². The minimum atomic E-state index is -0.400. The van der Waals surface area contributed by atoms with Gasteiger partial charge >= 0.3 is 0 Å². The Morgan fingerprint density at radius 1 is 1.38 bits per heavy atom. The normalized spacial score (nSPS) is 17.5. The van der Waals surface area contributed by atoms with Gasteiger partial charge in [0.25, 0.3) is 0 Å². The summed E-state index contributed by atoms with van der Waals surface area (Å²) in [6.45, 7) is 1.40. The van der Waals surface area contributed by atoms with E-state index in [9.17, 15) is 14.3 Å². The molecule has 0 saturated carbocycles. The summed E-state index contributed by atoms with van der Waals surface area (Å²) in [6.07, 6.45) is 1.80. The highest BCUT2D eigenvalue weighted by Gasteiger charge is 2.19. The van der Waals surface area contributed by atoms with Crippen molar-refractivity contribution in [2.24, 2.45) is 0 Å². The molecule has 0 atom stereocenters. The van der Waals surface area contributed by atoms with Crippen LogP contribution >= 0.6 is 0 Å². The Labute approximate surface area is 93.5 Å². The lowest BCUT2D eigenvalue weighted by molar-refractivity contribution is 0.112. The summed E-state index contributed by atoms with van der Waals surface area (Å²) in [5, 5.41) is 9.39. The first-order valence-corrected chi connectivity index (χ1v) is 5.38. The van der Waals surface area contributed by atoms with Crippen LogP contribution in [0.15, 0.2) is 18.2 Å². The average Bonchev–Trinajstić information content (AvgIpc) is 2.30. The molecule has 2 rings (SSSR count). The first-order chi connectivity index (χ1) is 7.70. The Morgan fingerprint density at radius 3 is 2.69 bits per heavy atom. The number of carbonyl (C=O) groups excluding carboxylic acids is 1. The van der Waals surface area contributed by atoms with Crippen LogP contribution in [0.25, 0.3) is 0 Å². The third-order valence-corrected chi connectivity index (χ3v) is 2.92. The number of hydrogen-bond donors (Lipinski definition) is 1. The Kier molecular flexibility index (Phi) is 3.19. The van der Waals surface area contributed by atoms with Crippen molar-refractivity contribution >= 4 is 12.0 Å². The topological polar surface area (TPSA) is 40.5 Å². The van der Waals surface area contributed by atoms with Crippen LogP contribution in [0.4, 0.5) is 10.1 Å². The summed E-state index contributed by atoms with van der Waals surface area (Å²) in [5.74, 6) is -0.400. The summed E-state index contributed by atoms with van der Waals surface area (Å²) >= 11 is 0. The predicted molar refractivity (Wildman–Crippen MR) is 59.2 cm³/mol. The van der Waals surface area contributed by atoms with Crippen LogP contribution in [-0.2, 0) is 0 Å².